The van der Waals surface area contributed by atoms with Gasteiger partial charge in [0.15, 0.2) is 4.34 Å². The molecule has 0 spiro atoms. The number of rotatable bonds is 7. The Kier molecular flexibility index (Phi) is 5.42. The number of anilines is 1. The van der Waals surface area contributed by atoms with Crippen molar-refractivity contribution in [2.24, 2.45) is 0 Å². The van der Waals surface area contributed by atoms with Crippen molar-refractivity contribution in [1.82, 2.24) is 14.9 Å². The van der Waals surface area contributed by atoms with Crippen molar-refractivity contribution in [2.75, 3.05) is 12.3 Å². The Morgan fingerprint density at radius 1 is 1.65 bits per heavy atom. The van der Waals surface area contributed by atoms with Crippen molar-refractivity contribution < 1.29 is 14.7 Å². The van der Waals surface area contributed by atoms with E-state index in [2.05, 4.69) is 19.8 Å². The highest BCUT2D eigenvalue weighted by Crippen LogP contribution is 2.20. The SMILES string of the molecule is Nc1nnc(SNC(=O)CCCO[N+](=O)[O-])s1. The first kappa shape index (κ1) is 13.4. The number of nitrogen functional groups attached to an aromatic ring is 1. The van der Waals surface area contributed by atoms with E-state index < -0.39 is 5.09 Å². The van der Waals surface area contributed by atoms with E-state index in [-0.39, 0.29) is 25.4 Å². The smallest absolute Gasteiger partial charge is 0.294 e. The molecular formula is C6H9N5O4S2. The number of carbonyl (C=O) groups is 1. The van der Waals surface area contributed by atoms with Crippen LogP contribution >= 0.6 is 23.3 Å². The molecule has 1 amide bonds. The summed E-state index contributed by atoms with van der Waals surface area (Å²) < 4.78 is 3.03. The van der Waals surface area contributed by atoms with Gasteiger partial charge in [-0.25, -0.2) is 0 Å². The average molecular weight is 279 g/mol. The zero-order chi connectivity index (χ0) is 12.7. The van der Waals surface area contributed by atoms with Gasteiger partial charge in [0.1, 0.15) is 0 Å². The van der Waals surface area contributed by atoms with E-state index in [9.17, 15) is 14.9 Å². The van der Waals surface area contributed by atoms with Gasteiger partial charge in [0, 0.05) is 18.4 Å². The lowest BCUT2D eigenvalue weighted by atomic mass is 10.3. The second-order valence-electron chi connectivity index (χ2n) is 2.69. The largest absolute Gasteiger partial charge is 0.374 e. The highest BCUT2D eigenvalue weighted by atomic mass is 32.2. The fourth-order valence-electron chi connectivity index (χ4n) is 0.785. The van der Waals surface area contributed by atoms with Crippen LogP contribution in [0, 0.1) is 10.1 Å². The molecule has 17 heavy (non-hydrogen) atoms. The van der Waals surface area contributed by atoms with E-state index in [1.54, 1.807) is 0 Å². The molecule has 1 aromatic heterocycles. The van der Waals surface area contributed by atoms with Crippen molar-refractivity contribution in [2.45, 2.75) is 17.2 Å². The number of hydrogen-bond acceptors (Lipinski definition) is 9. The van der Waals surface area contributed by atoms with E-state index in [1.807, 2.05) is 0 Å². The molecule has 0 aromatic carbocycles. The summed E-state index contributed by atoms with van der Waals surface area (Å²) in [5.41, 5.74) is 5.35. The van der Waals surface area contributed by atoms with Gasteiger partial charge in [0.25, 0.3) is 5.09 Å². The van der Waals surface area contributed by atoms with Crippen LogP contribution in [0.15, 0.2) is 4.34 Å². The van der Waals surface area contributed by atoms with Crippen LogP contribution in [0.25, 0.3) is 0 Å². The summed E-state index contributed by atoms with van der Waals surface area (Å²) >= 11 is 2.16. The second-order valence-corrected chi connectivity index (χ2v) is 4.76. The van der Waals surface area contributed by atoms with E-state index in [0.29, 0.717) is 9.47 Å². The second kappa shape index (κ2) is 6.85. The molecule has 0 unspecified atom stereocenters. The molecule has 1 aromatic rings. The maximum absolute atomic E-state index is 11.2. The summed E-state index contributed by atoms with van der Waals surface area (Å²) in [6.07, 6.45) is 0.404. The number of carbonyl (C=O) groups excluding carboxylic acids is 1. The van der Waals surface area contributed by atoms with Crippen molar-refractivity contribution in [1.29, 1.82) is 0 Å². The fraction of sp³-hybridized carbons (Fsp3) is 0.500. The fourth-order valence-corrected chi connectivity index (χ4v) is 2.06. The predicted molar refractivity (Wildman–Crippen MR) is 60.5 cm³/mol. The van der Waals surface area contributed by atoms with Crippen molar-refractivity contribution in [3.05, 3.63) is 10.1 Å². The summed E-state index contributed by atoms with van der Waals surface area (Å²) in [7, 11) is 0. The standard InChI is InChI=1S/C6H9N5O4S2/c7-5-8-9-6(16-5)17-10-4(12)2-1-3-15-11(13)14/h1-3H2,(H2,7,8)(H,10,12). The number of nitrogens with zero attached hydrogens (tertiary/aromatic N) is 3. The normalized spacial score (nSPS) is 9.88. The maximum atomic E-state index is 11.2. The number of nitrogens with two attached hydrogens (primary N) is 1. The van der Waals surface area contributed by atoms with E-state index >= 15 is 0 Å². The van der Waals surface area contributed by atoms with Gasteiger partial charge in [0.05, 0.1) is 6.61 Å². The molecule has 0 saturated heterocycles. The number of nitrogens with one attached hydrogen (secondary N) is 1. The highest BCUT2D eigenvalue weighted by molar-refractivity contribution is 7.99. The minimum Gasteiger partial charge on any atom is -0.374 e. The lowest BCUT2D eigenvalue weighted by Gasteiger charge is -2.00. The quantitative estimate of drug-likeness (QED) is 0.313. The van der Waals surface area contributed by atoms with E-state index in [0.717, 1.165) is 23.3 Å². The first-order valence-corrected chi connectivity index (χ1v) is 6.03. The topological polar surface area (TPSA) is 133 Å². The average Bonchev–Trinajstić information content (AvgIpc) is 2.67. The maximum Gasteiger partial charge on any atom is 0.294 e. The molecule has 0 radical (unpaired) electrons. The Balaban J connectivity index is 2.11. The van der Waals surface area contributed by atoms with Gasteiger partial charge in [-0.2, -0.15) is 0 Å². The summed E-state index contributed by atoms with van der Waals surface area (Å²) in [5.74, 6) is -0.268. The molecule has 94 valence electrons. The highest BCUT2D eigenvalue weighted by Gasteiger charge is 2.06. The molecule has 0 atom stereocenters. The van der Waals surface area contributed by atoms with E-state index in [4.69, 9.17) is 5.73 Å². The number of amides is 1. The summed E-state index contributed by atoms with van der Waals surface area (Å²) in [5, 5.41) is 16.5. The summed E-state index contributed by atoms with van der Waals surface area (Å²) in [6, 6.07) is 0. The van der Waals surface area contributed by atoms with Crippen LogP contribution in [-0.2, 0) is 9.63 Å². The third kappa shape index (κ3) is 5.87. The van der Waals surface area contributed by atoms with Crippen LogP contribution < -0.4 is 10.5 Å². The predicted octanol–water partition coefficient (Wildman–Crippen LogP) is 0.232. The minimum absolute atomic E-state index is 0.100. The van der Waals surface area contributed by atoms with Crippen LogP contribution in [0.1, 0.15) is 12.8 Å². The molecule has 0 saturated carbocycles. The van der Waals surface area contributed by atoms with Gasteiger partial charge in [-0.15, -0.1) is 20.3 Å². The Hall–Kier alpha value is -1.62. The molecule has 0 aliphatic heterocycles. The first-order chi connectivity index (χ1) is 8.08. The molecular weight excluding hydrogens is 270 g/mol. The molecule has 0 bridgehead atoms. The van der Waals surface area contributed by atoms with Crippen molar-refractivity contribution in [3.8, 4) is 0 Å². The zero-order valence-electron chi connectivity index (χ0n) is 8.49. The summed E-state index contributed by atoms with van der Waals surface area (Å²) in [4.78, 5) is 25.1. The lowest BCUT2D eigenvalue weighted by Crippen LogP contribution is -2.16. The van der Waals surface area contributed by atoms with Crippen molar-refractivity contribution in [3.63, 3.8) is 0 Å². The molecule has 3 N–H and O–H groups in total. The molecule has 0 aliphatic carbocycles. The van der Waals surface area contributed by atoms with E-state index in [1.165, 1.54) is 0 Å². The minimum atomic E-state index is -0.892. The van der Waals surface area contributed by atoms with Gasteiger partial charge in [0.2, 0.25) is 11.0 Å². The number of hydrogen-bond donors (Lipinski definition) is 2. The molecule has 11 heteroatoms. The van der Waals surface area contributed by atoms with Crippen LogP contribution in [0.4, 0.5) is 5.13 Å². The van der Waals surface area contributed by atoms with Gasteiger partial charge in [-0.3, -0.25) is 9.52 Å². The monoisotopic (exact) mass is 279 g/mol. The van der Waals surface area contributed by atoms with Crippen LogP contribution in [0.2, 0.25) is 0 Å². The third-order valence-corrected chi connectivity index (χ3v) is 3.05. The Bertz CT molecular complexity index is 398. The number of aromatic nitrogens is 2. The molecule has 1 heterocycles. The van der Waals surface area contributed by atoms with Crippen LogP contribution in [0.5, 0.6) is 0 Å². The third-order valence-electron chi connectivity index (χ3n) is 1.42. The summed E-state index contributed by atoms with van der Waals surface area (Å²) in [6.45, 7) is -0.100. The molecule has 9 nitrogen and oxygen atoms in total. The Morgan fingerprint density at radius 2 is 2.41 bits per heavy atom. The van der Waals surface area contributed by atoms with Gasteiger partial charge in [-0.1, -0.05) is 11.3 Å². The lowest BCUT2D eigenvalue weighted by molar-refractivity contribution is -0.757. The Morgan fingerprint density at radius 3 is 3.00 bits per heavy atom. The first-order valence-electron chi connectivity index (χ1n) is 4.40. The van der Waals surface area contributed by atoms with Gasteiger partial charge < -0.3 is 10.6 Å². The zero-order valence-corrected chi connectivity index (χ0v) is 10.1. The van der Waals surface area contributed by atoms with Crippen LogP contribution in [0.3, 0.4) is 0 Å². The molecule has 1 rings (SSSR count). The van der Waals surface area contributed by atoms with Gasteiger partial charge in [-0.05, 0) is 6.42 Å². The Labute approximate surface area is 104 Å². The van der Waals surface area contributed by atoms with Crippen LogP contribution in [-0.4, -0.2) is 27.8 Å². The molecule has 0 fully saturated rings. The van der Waals surface area contributed by atoms with Gasteiger partial charge >= 0.3 is 0 Å². The molecule has 0 aliphatic rings. The van der Waals surface area contributed by atoms with Crippen molar-refractivity contribution >= 4 is 34.3 Å².